The number of amides is 1. The predicted octanol–water partition coefficient (Wildman–Crippen LogP) is 3.30. The SMILES string of the molecule is Cc1cccc(N2N=C(c3ccc4c(c3)OCCO4)CCC2=O)c1. The van der Waals surface area contributed by atoms with Crippen LogP contribution in [0.1, 0.15) is 24.0 Å². The van der Waals surface area contributed by atoms with Gasteiger partial charge in [-0.1, -0.05) is 12.1 Å². The van der Waals surface area contributed by atoms with Gasteiger partial charge < -0.3 is 9.47 Å². The van der Waals surface area contributed by atoms with Crippen molar-refractivity contribution in [2.75, 3.05) is 18.2 Å². The molecule has 2 heterocycles. The molecule has 2 aromatic carbocycles. The number of carbonyl (C=O) groups is 1. The molecule has 1 amide bonds. The van der Waals surface area contributed by atoms with Crippen molar-refractivity contribution in [2.45, 2.75) is 19.8 Å². The average molecular weight is 322 g/mol. The Balaban J connectivity index is 1.70. The maximum atomic E-state index is 12.3. The van der Waals surface area contributed by atoms with E-state index in [9.17, 15) is 4.79 Å². The predicted molar refractivity (Wildman–Crippen MR) is 91.9 cm³/mol. The number of ether oxygens (including phenoxy) is 2. The molecule has 0 atom stereocenters. The first-order chi connectivity index (χ1) is 11.7. The van der Waals surface area contributed by atoms with E-state index in [1.54, 1.807) is 0 Å². The second kappa shape index (κ2) is 6.00. The lowest BCUT2D eigenvalue weighted by atomic mass is 10.0. The highest BCUT2D eigenvalue weighted by Crippen LogP contribution is 2.32. The zero-order chi connectivity index (χ0) is 16.5. The quantitative estimate of drug-likeness (QED) is 0.852. The van der Waals surface area contributed by atoms with Gasteiger partial charge in [-0.05, 0) is 42.8 Å². The summed E-state index contributed by atoms with van der Waals surface area (Å²) in [5, 5.41) is 6.10. The lowest BCUT2D eigenvalue weighted by Crippen LogP contribution is -2.32. The van der Waals surface area contributed by atoms with Crippen molar-refractivity contribution in [3.05, 3.63) is 53.6 Å². The lowest BCUT2D eigenvalue weighted by Gasteiger charge is -2.25. The first kappa shape index (κ1) is 14.8. The molecule has 0 radical (unpaired) electrons. The minimum atomic E-state index is 0.0156. The second-order valence-corrected chi connectivity index (χ2v) is 5.95. The van der Waals surface area contributed by atoms with Gasteiger partial charge in [-0.2, -0.15) is 5.10 Å². The fourth-order valence-electron chi connectivity index (χ4n) is 2.94. The van der Waals surface area contributed by atoms with Crippen LogP contribution in [0.15, 0.2) is 47.6 Å². The smallest absolute Gasteiger partial charge is 0.247 e. The number of anilines is 1. The molecule has 0 fully saturated rings. The Hall–Kier alpha value is -2.82. The minimum Gasteiger partial charge on any atom is -0.486 e. The van der Waals surface area contributed by atoms with Crippen molar-refractivity contribution >= 4 is 17.3 Å². The molecule has 0 aliphatic carbocycles. The number of carbonyl (C=O) groups excluding carboxylic acids is 1. The summed E-state index contributed by atoms with van der Waals surface area (Å²) in [7, 11) is 0. The summed E-state index contributed by atoms with van der Waals surface area (Å²) < 4.78 is 11.2. The van der Waals surface area contributed by atoms with E-state index < -0.39 is 0 Å². The summed E-state index contributed by atoms with van der Waals surface area (Å²) in [6, 6.07) is 13.6. The first-order valence-corrected chi connectivity index (χ1v) is 8.08. The number of hydrogen-bond donors (Lipinski definition) is 0. The topological polar surface area (TPSA) is 51.1 Å². The van der Waals surface area contributed by atoms with E-state index in [0.29, 0.717) is 26.1 Å². The van der Waals surface area contributed by atoms with Crippen LogP contribution in [0.2, 0.25) is 0 Å². The average Bonchev–Trinajstić information content (AvgIpc) is 2.62. The summed E-state index contributed by atoms with van der Waals surface area (Å²) in [5.41, 5.74) is 3.74. The summed E-state index contributed by atoms with van der Waals surface area (Å²) in [6.45, 7) is 3.13. The number of benzene rings is 2. The van der Waals surface area contributed by atoms with Gasteiger partial charge in [0, 0.05) is 18.4 Å². The van der Waals surface area contributed by atoms with E-state index in [1.807, 2.05) is 49.4 Å². The molecule has 5 heteroatoms. The van der Waals surface area contributed by atoms with Crippen LogP contribution in [0.4, 0.5) is 5.69 Å². The van der Waals surface area contributed by atoms with Crippen LogP contribution in [0, 0.1) is 6.92 Å². The van der Waals surface area contributed by atoms with Crippen LogP contribution in [0.5, 0.6) is 11.5 Å². The third-order valence-electron chi connectivity index (χ3n) is 4.15. The molecular weight excluding hydrogens is 304 g/mol. The third-order valence-corrected chi connectivity index (χ3v) is 4.15. The van der Waals surface area contributed by atoms with Gasteiger partial charge in [-0.25, -0.2) is 5.01 Å². The molecule has 5 nitrogen and oxygen atoms in total. The number of hydrazone groups is 1. The molecule has 0 aromatic heterocycles. The van der Waals surface area contributed by atoms with Crippen LogP contribution >= 0.6 is 0 Å². The maximum absolute atomic E-state index is 12.3. The van der Waals surface area contributed by atoms with E-state index in [-0.39, 0.29) is 5.91 Å². The van der Waals surface area contributed by atoms with Gasteiger partial charge in [0.2, 0.25) is 5.91 Å². The zero-order valence-corrected chi connectivity index (χ0v) is 13.5. The Morgan fingerprint density at radius 2 is 1.83 bits per heavy atom. The number of aryl methyl sites for hydroxylation is 1. The molecule has 0 spiro atoms. The van der Waals surface area contributed by atoms with Crippen molar-refractivity contribution in [1.29, 1.82) is 0 Å². The Labute approximate surface area is 140 Å². The van der Waals surface area contributed by atoms with Crippen LogP contribution in [0.3, 0.4) is 0 Å². The highest BCUT2D eigenvalue weighted by atomic mass is 16.6. The fourth-order valence-corrected chi connectivity index (χ4v) is 2.94. The van der Waals surface area contributed by atoms with Crippen molar-refractivity contribution in [3.8, 4) is 11.5 Å². The zero-order valence-electron chi connectivity index (χ0n) is 13.5. The molecule has 2 aliphatic heterocycles. The van der Waals surface area contributed by atoms with Gasteiger partial charge in [-0.15, -0.1) is 0 Å². The van der Waals surface area contributed by atoms with Crippen molar-refractivity contribution in [2.24, 2.45) is 5.10 Å². The Bertz CT molecular complexity index is 829. The Morgan fingerprint density at radius 3 is 2.67 bits per heavy atom. The number of hydrogen-bond acceptors (Lipinski definition) is 4. The highest BCUT2D eigenvalue weighted by molar-refractivity contribution is 6.09. The number of nitrogens with zero attached hydrogens (tertiary/aromatic N) is 2. The summed E-state index contributed by atoms with van der Waals surface area (Å²) >= 11 is 0. The standard InChI is InChI=1S/C19H18N2O3/c1-13-3-2-4-15(11-13)21-19(22)8-6-16(20-21)14-5-7-17-18(12-14)24-10-9-23-17/h2-5,7,11-12H,6,8-10H2,1H3. The van der Waals surface area contributed by atoms with Gasteiger partial charge in [0.25, 0.3) is 0 Å². The number of fused-ring (bicyclic) bond motifs is 1. The second-order valence-electron chi connectivity index (χ2n) is 5.95. The monoisotopic (exact) mass is 322 g/mol. The van der Waals surface area contributed by atoms with E-state index >= 15 is 0 Å². The Kier molecular flexibility index (Phi) is 3.69. The van der Waals surface area contributed by atoms with Crippen LogP contribution in [-0.2, 0) is 4.79 Å². The summed E-state index contributed by atoms with van der Waals surface area (Å²) in [5.74, 6) is 1.51. The molecule has 2 aliphatic rings. The Morgan fingerprint density at radius 1 is 1.00 bits per heavy atom. The van der Waals surface area contributed by atoms with Crippen LogP contribution in [0.25, 0.3) is 0 Å². The molecule has 0 unspecified atom stereocenters. The molecule has 0 N–H and O–H groups in total. The largest absolute Gasteiger partial charge is 0.486 e. The molecule has 4 rings (SSSR count). The van der Waals surface area contributed by atoms with Gasteiger partial charge >= 0.3 is 0 Å². The summed E-state index contributed by atoms with van der Waals surface area (Å²) in [4.78, 5) is 12.3. The third kappa shape index (κ3) is 2.73. The van der Waals surface area contributed by atoms with Crippen LogP contribution in [-0.4, -0.2) is 24.8 Å². The van der Waals surface area contributed by atoms with Crippen molar-refractivity contribution in [3.63, 3.8) is 0 Å². The highest BCUT2D eigenvalue weighted by Gasteiger charge is 2.24. The molecule has 0 bridgehead atoms. The molecule has 0 saturated heterocycles. The van der Waals surface area contributed by atoms with E-state index in [0.717, 1.165) is 34.0 Å². The first-order valence-electron chi connectivity index (χ1n) is 8.08. The van der Waals surface area contributed by atoms with Gasteiger partial charge in [-0.3, -0.25) is 4.79 Å². The van der Waals surface area contributed by atoms with Crippen molar-refractivity contribution in [1.82, 2.24) is 0 Å². The summed E-state index contributed by atoms with van der Waals surface area (Å²) in [6.07, 6.45) is 1.07. The van der Waals surface area contributed by atoms with Crippen molar-refractivity contribution < 1.29 is 14.3 Å². The van der Waals surface area contributed by atoms with E-state index in [1.165, 1.54) is 5.01 Å². The molecular formula is C19H18N2O3. The van der Waals surface area contributed by atoms with Crippen LogP contribution < -0.4 is 14.5 Å². The number of rotatable bonds is 2. The van der Waals surface area contributed by atoms with Gasteiger partial charge in [0.15, 0.2) is 11.5 Å². The molecule has 2 aromatic rings. The lowest BCUT2D eigenvalue weighted by molar-refractivity contribution is -0.118. The molecule has 122 valence electrons. The maximum Gasteiger partial charge on any atom is 0.247 e. The molecule has 0 saturated carbocycles. The van der Waals surface area contributed by atoms with Gasteiger partial charge in [0.05, 0.1) is 11.4 Å². The van der Waals surface area contributed by atoms with E-state index in [4.69, 9.17) is 9.47 Å². The normalized spacial score (nSPS) is 16.8. The molecule has 24 heavy (non-hydrogen) atoms. The van der Waals surface area contributed by atoms with E-state index in [2.05, 4.69) is 5.10 Å². The fraction of sp³-hybridized carbons (Fsp3) is 0.263. The minimum absolute atomic E-state index is 0.0156. The van der Waals surface area contributed by atoms with Gasteiger partial charge in [0.1, 0.15) is 13.2 Å².